The maximum absolute atomic E-state index is 13.8. The molecule has 2 amide bonds. The molecule has 4 rings (SSSR count). The first-order valence-corrected chi connectivity index (χ1v) is 11.4. The SMILES string of the molecule is Cc1ccccc1C(=O)N1CCN(c2ccc(NC(=S)NC(=O)c3ccccc3F)cc2)CC1. The van der Waals surface area contributed by atoms with Crippen LogP contribution >= 0.6 is 12.2 Å². The summed E-state index contributed by atoms with van der Waals surface area (Å²) in [6.45, 7) is 4.73. The van der Waals surface area contributed by atoms with E-state index in [1.807, 2.05) is 60.4 Å². The summed E-state index contributed by atoms with van der Waals surface area (Å²) in [5.74, 6) is -1.14. The van der Waals surface area contributed by atoms with Gasteiger partial charge in [-0.05, 0) is 67.2 Å². The Hall–Kier alpha value is -3.78. The summed E-state index contributed by atoms with van der Waals surface area (Å²) < 4.78 is 13.8. The summed E-state index contributed by atoms with van der Waals surface area (Å²) >= 11 is 5.19. The third-order valence-electron chi connectivity index (χ3n) is 5.78. The summed E-state index contributed by atoms with van der Waals surface area (Å²) in [7, 11) is 0. The van der Waals surface area contributed by atoms with Crippen LogP contribution in [0.4, 0.5) is 15.8 Å². The summed E-state index contributed by atoms with van der Waals surface area (Å²) in [4.78, 5) is 29.2. The zero-order valence-electron chi connectivity index (χ0n) is 18.8. The van der Waals surface area contributed by atoms with E-state index in [0.29, 0.717) is 18.8 Å². The lowest BCUT2D eigenvalue weighted by Gasteiger charge is -2.36. The molecule has 6 nitrogen and oxygen atoms in total. The monoisotopic (exact) mass is 476 g/mol. The number of nitrogens with one attached hydrogen (secondary N) is 2. The lowest BCUT2D eigenvalue weighted by Crippen LogP contribution is -2.48. The fourth-order valence-corrected chi connectivity index (χ4v) is 4.10. The smallest absolute Gasteiger partial charge is 0.260 e. The number of carbonyl (C=O) groups excluding carboxylic acids is 2. The van der Waals surface area contributed by atoms with E-state index in [4.69, 9.17) is 12.2 Å². The van der Waals surface area contributed by atoms with Crippen molar-refractivity contribution in [1.82, 2.24) is 10.2 Å². The molecular weight excluding hydrogens is 451 g/mol. The van der Waals surface area contributed by atoms with Crippen molar-refractivity contribution in [2.24, 2.45) is 0 Å². The number of anilines is 2. The van der Waals surface area contributed by atoms with Gasteiger partial charge in [0, 0.05) is 43.1 Å². The molecule has 3 aromatic carbocycles. The molecule has 3 aromatic rings. The van der Waals surface area contributed by atoms with E-state index in [0.717, 1.165) is 29.9 Å². The van der Waals surface area contributed by atoms with Gasteiger partial charge in [0.05, 0.1) is 5.56 Å². The first-order chi connectivity index (χ1) is 16.4. The van der Waals surface area contributed by atoms with Crippen molar-refractivity contribution in [3.05, 3.63) is 95.3 Å². The maximum atomic E-state index is 13.8. The largest absolute Gasteiger partial charge is 0.368 e. The average Bonchev–Trinajstić information content (AvgIpc) is 2.85. The van der Waals surface area contributed by atoms with Crippen LogP contribution in [0, 0.1) is 12.7 Å². The van der Waals surface area contributed by atoms with Crippen molar-refractivity contribution in [1.29, 1.82) is 0 Å². The first-order valence-electron chi connectivity index (χ1n) is 11.0. The summed E-state index contributed by atoms with van der Waals surface area (Å²) in [5, 5.41) is 5.52. The number of hydrogen-bond donors (Lipinski definition) is 2. The van der Waals surface area contributed by atoms with Crippen molar-refractivity contribution in [3.63, 3.8) is 0 Å². The topological polar surface area (TPSA) is 64.7 Å². The number of benzene rings is 3. The number of halogens is 1. The van der Waals surface area contributed by atoms with Gasteiger partial charge in [-0.25, -0.2) is 4.39 Å². The average molecular weight is 477 g/mol. The van der Waals surface area contributed by atoms with Crippen molar-refractivity contribution in [2.75, 3.05) is 36.4 Å². The molecule has 0 saturated carbocycles. The zero-order valence-corrected chi connectivity index (χ0v) is 19.6. The highest BCUT2D eigenvalue weighted by molar-refractivity contribution is 7.80. The normalized spacial score (nSPS) is 13.4. The van der Waals surface area contributed by atoms with Gasteiger partial charge in [0.1, 0.15) is 5.82 Å². The number of carbonyl (C=O) groups is 2. The van der Waals surface area contributed by atoms with Crippen LogP contribution < -0.4 is 15.5 Å². The molecule has 8 heteroatoms. The van der Waals surface area contributed by atoms with Gasteiger partial charge in [0.15, 0.2) is 5.11 Å². The van der Waals surface area contributed by atoms with Gasteiger partial charge in [-0.15, -0.1) is 0 Å². The highest BCUT2D eigenvalue weighted by Gasteiger charge is 2.23. The summed E-state index contributed by atoms with van der Waals surface area (Å²) in [6, 6.07) is 21.0. The molecule has 0 spiro atoms. The van der Waals surface area contributed by atoms with Crippen LogP contribution in [0.5, 0.6) is 0 Å². The molecule has 0 bridgehead atoms. The van der Waals surface area contributed by atoms with E-state index in [9.17, 15) is 14.0 Å². The Morgan fingerprint density at radius 1 is 0.853 bits per heavy atom. The molecule has 1 aliphatic heterocycles. The highest BCUT2D eigenvalue weighted by Crippen LogP contribution is 2.21. The zero-order chi connectivity index (χ0) is 24.1. The lowest BCUT2D eigenvalue weighted by atomic mass is 10.1. The Morgan fingerprint density at radius 3 is 2.12 bits per heavy atom. The number of thiocarbonyl (C=S) groups is 1. The molecule has 0 aromatic heterocycles. The van der Waals surface area contributed by atoms with E-state index in [2.05, 4.69) is 15.5 Å². The van der Waals surface area contributed by atoms with Gasteiger partial charge >= 0.3 is 0 Å². The van der Waals surface area contributed by atoms with E-state index >= 15 is 0 Å². The standard InChI is InChI=1S/C26H25FN4O2S/c1-18-6-2-3-7-21(18)25(33)31-16-14-30(15-17-31)20-12-10-19(11-13-20)28-26(34)29-24(32)22-8-4-5-9-23(22)27/h2-13H,14-17H2,1H3,(H2,28,29,32,34). The Kier molecular flexibility index (Phi) is 7.18. The van der Waals surface area contributed by atoms with Crippen LogP contribution in [-0.2, 0) is 0 Å². The Morgan fingerprint density at radius 2 is 1.47 bits per heavy atom. The van der Waals surface area contributed by atoms with E-state index in [-0.39, 0.29) is 16.6 Å². The molecule has 0 unspecified atom stereocenters. The minimum Gasteiger partial charge on any atom is -0.368 e. The second kappa shape index (κ2) is 10.4. The number of nitrogens with zero attached hydrogens (tertiary/aromatic N) is 2. The van der Waals surface area contributed by atoms with Crippen LogP contribution in [0.3, 0.4) is 0 Å². The van der Waals surface area contributed by atoms with Gasteiger partial charge < -0.3 is 15.1 Å². The Balaban J connectivity index is 1.30. The number of piperazine rings is 1. The van der Waals surface area contributed by atoms with Crippen molar-refractivity contribution in [2.45, 2.75) is 6.92 Å². The van der Waals surface area contributed by atoms with Crippen molar-refractivity contribution < 1.29 is 14.0 Å². The minimum absolute atomic E-state index is 0.0675. The quantitative estimate of drug-likeness (QED) is 0.552. The molecule has 34 heavy (non-hydrogen) atoms. The van der Waals surface area contributed by atoms with E-state index in [1.165, 1.54) is 18.2 Å². The van der Waals surface area contributed by atoms with Crippen molar-refractivity contribution >= 4 is 40.5 Å². The van der Waals surface area contributed by atoms with Gasteiger partial charge in [0.2, 0.25) is 0 Å². The lowest BCUT2D eigenvalue weighted by molar-refractivity contribution is 0.0746. The van der Waals surface area contributed by atoms with Gasteiger partial charge in [-0.2, -0.15) is 0 Å². The molecule has 1 saturated heterocycles. The Bertz CT molecular complexity index is 1210. The molecule has 2 N–H and O–H groups in total. The highest BCUT2D eigenvalue weighted by atomic mass is 32.1. The minimum atomic E-state index is -0.606. The van der Waals surface area contributed by atoms with Crippen molar-refractivity contribution in [3.8, 4) is 0 Å². The molecule has 1 fully saturated rings. The summed E-state index contributed by atoms with van der Waals surface area (Å²) in [6.07, 6.45) is 0. The predicted molar refractivity (Wildman–Crippen MR) is 136 cm³/mol. The fraction of sp³-hybridized carbons (Fsp3) is 0.192. The van der Waals surface area contributed by atoms with Crippen LogP contribution in [0.1, 0.15) is 26.3 Å². The molecular formula is C26H25FN4O2S. The third-order valence-corrected chi connectivity index (χ3v) is 5.98. The van der Waals surface area contributed by atoms with Crippen LogP contribution in [0.2, 0.25) is 0 Å². The van der Waals surface area contributed by atoms with E-state index < -0.39 is 11.7 Å². The maximum Gasteiger partial charge on any atom is 0.260 e. The summed E-state index contributed by atoms with van der Waals surface area (Å²) in [5.41, 5.74) is 3.42. The number of hydrogen-bond acceptors (Lipinski definition) is 4. The van der Waals surface area contributed by atoms with Gasteiger partial charge in [-0.1, -0.05) is 30.3 Å². The van der Waals surface area contributed by atoms with E-state index in [1.54, 1.807) is 6.07 Å². The fourth-order valence-electron chi connectivity index (χ4n) is 3.88. The van der Waals surface area contributed by atoms with Crippen LogP contribution in [0.25, 0.3) is 0 Å². The number of amides is 2. The van der Waals surface area contributed by atoms with Gasteiger partial charge in [0.25, 0.3) is 11.8 Å². The molecule has 1 aliphatic rings. The Labute approximate surface area is 203 Å². The third kappa shape index (κ3) is 5.40. The number of rotatable bonds is 4. The molecule has 0 aliphatic carbocycles. The molecule has 0 atom stereocenters. The molecule has 1 heterocycles. The van der Waals surface area contributed by atoms with Crippen LogP contribution in [-0.4, -0.2) is 48.0 Å². The molecule has 0 radical (unpaired) electrons. The second-order valence-electron chi connectivity index (χ2n) is 8.03. The number of aryl methyl sites for hydroxylation is 1. The predicted octanol–water partition coefficient (Wildman–Crippen LogP) is 4.22. The molecule has 174 valence electrons. The van der Waals surface area contributed by atoms with Gasteiger partial charge in [-0.3, -0.25) is 14.9 Å². The first kappa shape index (κ1) is 23.4. The second-order valence-corrected chi connectivity index (χ2v) is 8.44. The van der Waals surface area contributed by atoms with Crippen LogP contribution in [0.15, 0.2) is 72.8 Å².